The van der Waals surface area contributed by atoms with Gasteiger partial charge in [0.25, 0.3) is 0 Å². The molecule has 2 aromatic rings. The van der Waals surface area contributed by atoms with E-state index in [-0.39, 0.29) is 17.7 Å². The first-order valence-electron chi connectivity index (χ1n) is 13.2. The van der Waals surface area contributed by atoms with E-state index >= 15 is 0 Å². The van der Waals surface area contributed by atoms with Gasteiger partial charge in [-0.05, 0) is 32.9 Å². The molecular formula is C23H41N9O6S. The number of imidazole rings is 1. The van der Waals surface area contributed by atoms with Crippen molar-refractivity contribution in [3.8, 4) is 0 Å². The number of hydrogen-bond acceptors (Lipinski definition) is 12. The third-order valence-corrected chi connectivity index (χ3v) is 7.06. The number of amides is 1. The summed E-state index contributed by atoms with van der Waals surface area (Å²) >= 11 is 0. The number of ether oxygens (including phenoxy) is 1. The van der Waals surface area contributed by atoms with Crippen molar-refractivity contribution in [2.75, 3.05) is 57.1 Å². The summed E-state index contributed by atoms with van der Waals surface area (Å²) < 4.78 is 32.0. The fourth-order valence-corrected chi connectivity index (χ4v) is 4.92. The zero-order valence-electron chi connectivity index (χ0n) is 22.7. The van der Waals surface area contributed by atoms with Crippen molar-refractivity contribution >= 4 is 38.9 Å². The van der Waals surface area contributed by atoms with Crippen LogP contribution in [0, 0.1) is 0 Å². The van der Waals surface area contributed by atoms with Crippen LogP contribution in [0.25, 0.3) is 11.2 Å². The summed E-state index contributed by atoms with van der Waals surface area (Å²) in [5, 5.41) is 27.1. The SMILES string of the molecule is CCCN(C)C[C@H]1O[C@@H](n2cnc3c(N)nc(NCCNC(=O)CCCCCNS(C)(=O)=O)nc32)[C@H](O)[C@@H]1O. The molecule has 1 fully saturated rings. The number of aliphatic hydroxyl groups is 2. The van der Waals surface area contributed by atoms with E-state index in [0.717, 1.165) is 25.6 Å². The van der Waals surface area contributed by atoms with E-state index in [2.05, 4.69) is 37.2 Å². The van der Waals surface area contributed by atoms with Gasteiger partial charge in [-0.25, -0.2) is 18.1 Å². The lowest BCUT2D eigenvalue weighted by Gasteiger charge is -2.22. The van der Waals surface area contributed by atoms with Crippen LogP contribution in [0.4, 0.5) is 11.8 Å². The highest BCUT2D eigenvalue weighted by Gasteiger charge is 2.44. The van der Waals surface area contributed by atoms with Crippen LogP contribution < -0.4 is 21.1 Å². The van der Waals surface area contributed by atoms with Crippen LogP contribution in [0.3, 0.4) is 0 Å². The lowest BCUT2D eigenvalue weighted by atomic mass is 10.1. The van der Waals surface area contributed by atoms with Crippen molar-refractivity contribution in [1.29, 1.82) is 0 Å². The molecule has 39 heavy (non-hydrogen) atoms. The molecule has 16 heteroatoms. The lowest BCUT2D eigenvalue weighted by molar-refractivity contribution is -0.121. The second kappa shape index (κ2) is 14.1. The Balaban J connectivity index is 1.50. The summed E-state index contributed by atoms with van der Waals surface area (Å²) in [6.07, 6.45) is 2.21. The predicted molar refractivity (Wildman–Crippen MR) is 146 cm³/mol. The Morgan fingerprint density at radius 2 is 1.95 bits per heavy atom. The van der Waals surface area contributed by atoms with Gasteiger partial charge in [0.15, 0.2) is 17.7 Å². The molecule has 2 aromatic heterocycles. The lowest BCUT2D eigenvalue weighted by Crippen LogP contribution is -2.38. The molecule has 1 aliphatic rings. The molecule has 3 heterocycles. The first-order chi connectivity index (χ1) is 18.5. The molecule has 220 valence electrons. The Labute approximate surface area is 228 Å². The second-order valence-corrected chi connectivity index (χ2v) is 11.7. The van der Waals surface area contributed by atoms with E-state index in [9.17, 15) is 23.4 Å². The molecule has 4 atom stereocenters. The van der Waals surface area contributed by atoms with Crippen molar-refractivity contribution in [1.82, 2.24) is 34.5 Å². The summed E-state index contributed by atoms with van der Waals surface area (Å²) in [7, 11) is -1.25. The number of likely N-dealkylation sites (N-methyl/N-ethyl adjacent to an activating group) is 1. The number of nitrogens with zero attached hydrogens (tertiary/aromatic N) is 5. The van der Waals surface area contributed by atoms with Gasteiger partial charge in [-0.1, -0.05) is 13.3 Å². The number of nitrogens with one attached hydrogen (secondary N) is 3. The number of nitrogens with two attached hydrogens (primary N) is 1. The van der Waals surface area contributed by atoms with Gasteiger partial charge in [-0.15, -0.1) is 0 Å². The maximum atomic E-state index is 12.0. The summed E-state index contributed by atoms with van der Waals surface area (Å²) in [6, 6.07) is 0. The molecule has 1 amide bonds. The van der Waals surface area contributed by atoms with Crippen LogP contribution >= 0.6 is 0 Å². The van der Waals surface area contributed by atoms with E-state index in [0.29, 0.717) is 56.6 Å². The van der Waals surface area contributed by atoms with Gasteiger partial charge in [0, 0.05) is 32.6 Å². The summed E-state index contributed by atoms with van der Waals surface area (Å²) in [5.41, 5.74) is 6.78. The quantitative estimate of drug-likeness (QED) is 0.134. The Hall–Kier alpha value is -2.63. The molecule has 15 nitrogen and oxygen atoms in total. The summed E-state index contributed by atoms with van der Waals surface area (Å²) in [4.78, 5) is 27.1. The van der Waals surface area contributed by atoms with Gasteiger partial charge in [0.1, 0.15) is 23.8 Å². The highest BCUT2D eigenvalue weighted by atomic mass is 32.2. The fourth-order valence-electron chi connectivity index (χ4n) is 4.40. The zero-order chi connectivity index (χ0) is 28.6. The minimum Gasteiger partial charge on any atom is -0.387 e. The predicted octanol–water partition coefficient (Wildman–Crippen LogP) is -0.993. The van der Waals surface area contributed by atoms with Crippen molar-refractivity contribution in [2.45, 2.75) is 63.6 Å². The van der Waals surface area contributed by atoms with Crippen molar-refractivity contribution < 1.29 is 28.2 Å². The third kappa shape index (κ3) is 8.94. The molecular weight excluding hydrogens is 530 g/mol. The van der Waals surface area contributed by atoms with Crippen LogP contribution in [-0.2, 0) is 19.6 Å². The van der Waals surface area contributed by atoms with Crippen LogP contribution in [0.5, 0.6) is 0 Å². The number of fused-ring (bicyclic) bond motifs is 1. The molecule has 0 radical (unpaired) electrons. The minimum atomic E-state index is -3.19. The molecule has 0 unspecified atom stereocenters. The van der Waals surface area contributed by atoms with Crippen LogP contribution in [-0.4, -0.2) is 113 Å². The van der Waals surface area contributed by atoms with Crippen molar-refractivity contribution in [3.05, 3.63) is 6.33 Å². The maximum absolute atomic E-state index is 12.0. The average Bonchev–Trinajstić information content (AvgIpc) is 3.40. The molecule has 0 aromatic carbocycles. The highest BCUT2D eigenvalue weighted by molar-refractivity contribution is 7.88. The topological polar surface area (TPSA) is 210 Å². The van der Waals surface area contributed by atoms with Gasteiger partial charge < -0.3 is 36.2 Å². The molecule has 1 saturated heterocycles. The van der Waals surface area contributed by atoms with Gasteiger partial charge in [-0.3, -0.25) is 9.36 Å². The van der Waals surface area contributed by atoms with E-state index in [1.807, 2.05) is 11.9 Å². The number of sulfonamides is 1. The number of unbranched alkanes of at least 4 members (excludes halogenated alkanes) is 2. The standard InChI is InChI=1S/C23H41N9O6S/c1-4-12-31(2)13-15-18(34)19(35)22(38-15)32-14-27-17-20(24)29-23(30-21(17)32)26-11-10-25-16(33)8-6-5-7-9-28-39(3,36)37/h14-15,18-19,22,28,34-35H,4-13H2,1-3H3,(H,25,33)(H3,24,26,29,30)/t15-,18-,19-,22-/m1/s1. The second-order valence-electron chi connectivity index (χ2n) is 9.82. The number of anilines is 2. The van der Waals surface area contributed by atoms with Crippen molar-refractivity contribution in [3.63, 3.8) is 0 Å². The third-order valence-electron chi connectivity index (χ3n) is 6.33. The van der Waals surface area contributed by atoms with Gasteiger partial charge in [-0.2, -0.15) is 9.97 Å². The summed E-state index contributed by atoms with van der Waals surface area (Å²) in [5.74, 6) is 0.261. The monoisotopic (exact) mass is 571 g/mol. The van der Waals surface area contributed by atoms with Crippen LogP contribution in [0.1, 0.15) is 45.3 Å². The Morgan fingerprint density at radius 1 is 1.18 bits per heavy atom. The minimum absolute atomic E-state index is 0.105. The number of carbonyl (C=O) groups is 1. The Kier molecular flexibility index (Phi) is 11.2. The first kappa shape index (κ1) is 30.9. The Morgan fingerprint density at radius 3 is 2.67 bits per heavy atom. The van der Waals surface area contributed by atoms with Gasteiger partial charge in [0.05, 0.1) is 12.6 Å². The maximum Gasteiger partial charge on any atom is 0.226 e. The molecule has 0 aliphatic carbocycles. The highest BCUT2D eigenvalue weighted by Crippen LogP contribution is 2.32. The smallest absolute Gasteiger partial charge is 0.226 e. The zero-order valence-corrected chi connectivity index (χ0v) is 23.5. The number of aliphatic hydroxyl groups excluding tert-OH is 2. The number of nitrogen functional groups attached to an aromatic ring is 1. The Bertz CT molecular complexity index is 1190. The van der Waals surface area contributed by atoms with Crippen LogP contribution in [0.15, 0.2) is 6.33 Å². The van der Waals surface area contributed by atoms with Crippen molar-refractivity contribution in [2.24, 2.45) is 0 Å². The van der Waals surface area contributed by atoms with E-state index in [1.165, 1.54) is 6.33 Å². The first-order valence-corrected chi connectivity index (χ1v) is 15.0. The number of carbonyl (C=O) groups excluding carboxylic acids is 1. The van der Waals surface area contributed by atoms with E-state index < -0.39 is 34.6 Å². The normalized spacial score (nSPS) is 21.6. The molecule has 0 bridgehead atoms. The van der Waals surface area contributed by atoms with E-state index in [4.69, 9.17) is 10.5 Å². The number of hydrogen-bond donors (Lipinski definition) is 6. The molecule has 7 N–H and O–H groups in total. The fraction of sp³-hybridized carbons (Fsp3) is 0.739. The number of aromatic nitrogens is 4. The summed E-state index contributed by atoms with van der Waals surface area (Å²) in [6.45, 7) is 4.40. The largest absolute Gasteiger partial charge is 0.387 e. The average molecular weight is 572 g/mol. The molecule has 3 rings (SSSR count). The molecule has 0 saturated carbocycles. The molecule has 0 spiro atoms. The van der Waals surface area contributed by atoms with Gasteiger partial charge in [0.2, 0.25) is 21.9 Å². The van der Waals surface area contributed by atoms with E-state index in [1.54, 1.807) is 4.57 Å². The number of rotatable bonds is 16. The molecule has 1 aliphatic heterocycles. The van der Waals surface area contributed by atoms with Crippen LogP contribution in [0.2, 0.25) is 0 Å². The van der Waals surface area contributed by atoms with Gasteiger partial charge >= 0.3 is 0 Å².